The van der Waals surface area contributed by atoms with Crippen LogP contribution in [0, 0.1) is 0 Å². The molecule has 2 rings (SSSR count). The Morgan fingerprint density at radius 1 is 1.53 bits per heavy atom. The fraction of sp³-hybridized carbons (Fsp3) is 0.500. The molecule has 1 saturated heterocycles. The summed E-state index contributed by atoms with van der Waals surface area (Å²) in [6.45, 7) is 5.15. The first-order valence-corrected chi connectivity index (χ1v) is 5.67. The van der Waals surface area contributed by atoms with Gasteiger partial charge in [-0.1, -0.05) is 0 Å². The largest absolute Gasteiger partial charge is 0.377 e. The predicted octanol–water partition coefficient (Wildman–Crippen LogP) is 1.08. The van der Waals surface area contributed by atoms with E-state index in [2.05, 4.69) is 4.98 Å². The van der Waals surface area contributed by atoms with Gasteiger partial charge in [-0.3, -0.25) is 9.59 Å². The zero-order chi connectivity index (χ0) is 12.4. The maximum atomic E-state index is 12.2. The van der Waals surface area contributed by atoms with Crippen LogP contribution in [-0.2, 0) is 4.74 Å². The van der Waals surface area contributed by atoms with Gasteiger partial charge in [-0.2, -0.15) is 0 Å². The van der Waals surface area contributed by atoms with E-state index >= 15 is 0 Å². The minimum atomic E-state index is -0.0756. The second kappa shape index (κ2) is 4.71. The molecule has 5 nitrogen and oxygen atoms in total. The molecule has 1 unspecified atom stereocenters. The number of H-pyrrole nitrogens is 1. The summed E-state index contributed by atoms with van der Waals surface area (Å²) < 4.78 is 5.28. The molecule has 2 heterocycles. The van der Waals surface area contributed by atoms with Crippen molar-refractivity contribution < 1.29 is 14.3 Å². The van der Waals surface area contributed by atoms with E-state index in [1.54, 1.807) is 17.2 Å². The van der Waals surface area contributed by atoms with Gasteiger partial charge in [0.1, 0.15) is 5.69 Å². The van der Waals surface area contributed by atoms with Crippen molar-refractivity contribution in [1.82, 2.24) is 9.88 Å². The van der Waals surface area contributed by atoms with E-state index in [1.807, 2.05) is 6.92 Å². The second-order valence-electron chi connectivity index (χ2n) is 4.28. The minimum Gasteiger partial charge on any atom is -0.377 e. The van der Waals surface area contributed by atoms with Gasteiger partial charge in [-0.15, -0.1) is 0 Å². The van der Waals surface area contributed by atoms with Crippen LogP contribution in [0.15, 0.2) is 12.3 Å². The van der Waals surface area contributed by atoms with E-state index in [1.165, 1.54) is 6.92 Å². The molecule has 1 fully saturated rings. The molecule has 1 aromatic heterocycles. The number of aromatic amines is 1. The molecule has 1 aliphatic rings. The van der Waals surface area contributed by atoms with Crippen molar-refractivity contribution in [3.05, 3.63) is 23.5 Å². The molecule has 0 aromatic carbocycles. The molecule has 0 radical (unpaired) electrons. The topological polar surface area (TPSA) is 62.4 Å². The first-order chi connectivity index (χ1) is 8.09. The summed E-state index contributed by atoms with van der Waals surface area (Å²) >= 11 is 0. The molecule has 17 heavy (non-hydrogen) atoms. The van der Waals surface area contributed by atoms with Gasteiger partial charge in [0.25, 0.3) is 5.91 Å². The summed E-state index contributed by atoms with van der Waals surface area (Å²) in [5.41, 5.74) is 0.998. The maximum absolute atomic E-state index is 12.2. The predicted molar refractivity (Wildman–Crippen MR) is 62.1 cm³/mol. The third kappa shape index (κ3) is 2.39. The molecule has 5 heteroatoms. The number of nitrogens with zero attached hydrogens (tertiary/aromatic N) is 1. The highest BCUT2D eigenvalue weighted by atomic mass is 16.5. The normalized spacial score (nSPS) is 20.4. The van der Waals surface area contributed by atoms with Gasteiger partial charge >= 0.3 is 0 Å². The van der Waals surface area contributed by atoms with E-state index in [-0.39, 0.29) is 17.7 Å². The molecule has 1 aliphatic heterocycles. The summed E-state index contributed by atoms with van der Waals surface area (Å²) in [5, 5.41) is 0. The first-order valence-electron chi connectivity index (χ1n) is 5.67. The van der Waals surface area contributed by atoms with E-state index < -0.39 is 0 Å². The number of aromatic nitrogens is 1. The number of hydrogen-bond donors (Lipinski definition) is 1. The van der Waals surface area contributed by atoms with Crippen LogP contribution in [0.2, 0.25) is 0 Å². The molecular formula is C12H16N2O3. The van der Waals surface area contributed by atoms with E-state index in [4.69, 9.17) is 4.74 Å². The fourth-order valence-corrected chi connectivity index (χ4v) is 1.90. The summed E-state index contributed by atoms with van der Waals surface area (Å²) in [6, 6.07) is 1.67. The standard InChI is InChI=1S/C12H16N2O3/c1-8-7-17-4-3-14(8)12(16)11-5-10(6-13-11)9(2)15/h5-6,8,13H,3-4,7H2,1-2H3. The molecule has 1 N–H and O–H groups in total. The lowest BCUT2D eigenvalue weighted by atomic mass is 10.2. The number of carbonyl (C=O) groups is 2. The number of amides is 1. The minimum absolute atomic E-state index is 0.0460. The number of nitrogens with one attached hydrogen (secondary N) is 1. The number of carbonyl (C=O) groups excluding carboxylic acids is 2. The van der Waals surface area contributed by atoms with Gasteiger partial charge < -0.3 is 14.6 Å². The van der Waals surface area contributed by atoms with Crippen LogP contribution in [-0.4, -0.2) is 47.4 Å². The number of ketones is 1. The number of rotatable bonds is 2. The fourth-order valence-electron chi connectivity index (χ4n) is 1.90. The molecule has 1 atom stereocenters. The smallest absolute Gasteiger partial charge is 0.270 e. The third-order valence-corrected chi connectivity index (χ3v) is 2.95. The SMILES string of the molecule is CC(=O)c1c[nH]c(C(=O)N2CCOCC2C)c1. The highest BCUT2D eigenvalue weighted by molar-refractivity contribution is 5.99. The highest BCUT2D eigenvalue weighted by Crippen LogP contribution is 2.12. The third-order valence-electron chi connectivity index (χ3n) is 2.95. The quantitative estimate of drug-likeness (QED) is 0.781. The molecule has 1 aromatic rings. The van der Waals surface area contributed by atoms with Gasteiger partial charge in [0.2, 0.25) is 0 Å². The Labute approximate surface area is 99.8 Å². The van der Waals surface area contributed by atoms with E-state index in [0.717, 1.165) is 0 Å². The van der Waals surface area contributed by atoms with Crippen molar-refractivity contribution in [1.29, 1.82) is 0 Å². The van der Waals surface area contributed by atoms with Crippen LogP contribution in [0.25, 0.3) is 0 Å². The van der Waals surface area contributed by atoms with Gasteiger partial charge in [-0.25, -0.2) is 0 Å². The molecular weight excluding hydrogens is 220 g/mol. The van der Waals surface area contributed by atoms with Crippen LogP contribution in [0.1, 0.15) is 34.7 Å². The molecule has 1 amide bonds. The van der Waals surface area contributed by atoms with Crippen molar-refractivity contribution in [2.24, 2.45) is 0 Å². The molecule has 0 aliphatic carbocycles. The summed E-state index contributed by atoms with van der Waals surface area (Å²) in [4.78, 5) is 27.9. The second-order valence-corrected chi connectivity index (χ2v) is 4.28. The Bertz CT molecular complexity index is 439. The maximum Gasteiger partial charge on any atom is 0.270 e. The van der Waals surface area contributed by atoms with Gasteiger partial charge in [0.05, 0.1) is 19.3 Å². The summed E-state index contributed by atoms with van der Waals surface area (Å²) in [5.74, 6) is -0.122. The van der Waals surface area contributed by atoms with Crippen molar-refractivity contribution in [3.63, 3.8) is 0 Å². The highest BCUT2D eigenvalue weighted by Gasteiger charge is 2.25. The number of ether oxygens (including phenoxy) is 1. The number of morpholine rings is 1. The summed E-state index contributed by atoms with van der Waals surface area (Å²) in [7, 11) is 0. The lowest BCUT2D eigenvalue weighted by Gasteiger charge is -2.32. The molecule has 0 saturated carbocycles. The zero-order valence-electron chi connectivity index (χ0n) is 10.0. The number of Topliss-reactive ketones (excluding diaryl/α,β-unsaturated/α-hetero) is 1. The van der Waals surface area contributed by atoms with E-state index in [0.29, 0.717) is 31.0 Å². The Morgan fingerprint density at radius 2 is 2.29 bits per heavy atom. The van der Waals surface area contributed by atoms with Crippen molar-refractivity contribution in [2.45, 2.75) is 19.9 Å². The average molecular weight is 236 g/mol. The molecule has 0 spiro atoms. The molecule has 92 valence electrons. The number of hydrogen-bond acceptors (Lipinski definition) is 3. The lowest BCUT2D eigenvalue weighted by molar-refractivity contribution is 0.00331. The van der Waals surface area contributed by atoms with Gasteiger partial charge in [0, 0.05) is 18.3 Å². The monoisotopic (exact) mass is 236 g/mol. The first kappa shape index (κ1) is 11.9. The Balaban J connectivity index is 2.15. The van der Waals surface area contributed by atoms with Crippen LogP contribution < -0.4 is 0 Å². The van der Waals surface area contributed by atoms with Crippen LogP contribution in [0.4, 0.5) is 0 Å². The van der Waals surface area contributed by atoms with E-state index in [9.17, 15) is 9.59 Å². The van der Waals surface area contributed by atoms with Crippen LogP contribution in [0.3, 0.4) is 0 Å². The lowest BCUT2D eigenvalue weighted by Crippen LogP contribution is -2.47. The van der Waals surface area contributed by atoms with Crippen LogP contribution in [0.5, 0.6) is 0 Å². The van der Waals surface area contributed by atoms with Crippen LogP contribution >= 0.6 is 0 Å². The van der Waals surface area contributed by atoms with Crippen molar-refractivity contribution in [2.75, 3.05) is 19.8 Å². The zero-order valence-corrected chi connectivity index (χ0v) is 10.0. The summed E-state index contributed by atoms with van der Waals surface area (Å²) in [6.07, 6.45) is 1.57. The average Bonchev–Trinajstić information content (AvgIpc) is 2.78. The van der Waals surface area contributed by atoms with Crippen molar-refractivity contribution >= 4 is 11.7 Å². The van der Waals surface area contributed by atoms with Gasteiger partial charge in [0.15, 0.2) is 5.78 Å². The Hall–Kier alpha value is -1.62. The molecule has 0 bridgehead atoms. The van der Waals surface area contributed by atoms with Gasteiger partial charge in [-0.05, 0) is 19.9 Å². The Morgan fingerprint density at radius 3 is 2.88 bits per heavy atom. The Kier molecular flexibility index (Phi) is 3.28. The van der Waals surface area contributed by atoms with Crippen molar-refractivity contribution in [3.8, 4) is 0 Å².